The number of rotatable bonds is 3. The molecular weight excluding hydrogens is 256 g/mol. The van der Waals surface area contributed by atoms with Crippen molar-refractivity contribution in [3.63, 3.8) is 0 Å². The Labute approximate surface area is 110 Å². The van der Waals surface area contributed by atoms with Crippen molar-refractivity contribution in [3.8, 4) is 0 Å². The number of nitrogens with zero attached hydrogens (tertiary/aromatic N) is 1. The summed E-state index contributed by atoms with van der Waals surface area (Å²) in [4.78, 5) is 13.2. The van der Waals surface area contributed by atoms with Crippen molar-refractivity contribution in [1.29, 1.82) is 0 Å². The minimum Gasteiger partial charge on any atom is -0.478 e. The molecule has 1 unspecified atom stereocenters. The van der Waals surface area contributed by atoms with E-state index in [1.165, 1.54) is 6.07 Å². The number of halogens is 1. The summed E-state index contributed by atoms with van der Waals surface area (Å²) in [7, 11) is 1.65. The van der Waals surface area contributed by atoms with Crippen LogP contribution in [0, 0.1) is 0 Å². The van der Waals surface area contributed by atoms with Gasteiger partial charge >= 0.3 is 5.97 Å². The quantitative estimate of drug-likeness (QED) is 0.820. The molecule has 18 heavy (non-hydrogen) atoms. The monoisotopic (exact) mass is 270 g/mol. The van der Waals surface area contributed by atoms with Crippen molar-refractivity contribution >= 4 is 28.9 Å². The topological polar surface area (TPSA) is 75.8 Å². The number of nitrogens with two attached hydrogens (primary N) is 1. The average molecular weight is 271 g/mol. The standard InChI is InChI=1S/C12H15ClN2O3/c1-18-8-2-3-15(6-8)11-9(12(16)17)4-7(14)5-10(11)13/h4-5,8H,2-3,6,14H2,1H3,(H,16,17). The van der Waals surface area contributed by atoms with Crippen molar-refractivity contribution in [2.24, 2.45) is 0 Å². The number of aromatic carboxylic acids is 1. The molecule has 1 fully saturated rings. The van der Waals surface area contributed by atoms with Gasteiger partial charge in [0.05, 0.1) is 22.4 Å². The van der Waals surface area contributed by atoms with Gasteiger partial charge in [-0.3, -0.25) is 0 Å². The molecule has 3 N–H and O–H groups in total. The Hall–Kier alpha value is -1.46. The second-order valence-corrected chi connectivity index (χ2v) is 4.70. The molecule has 1 saturated heterocycles. The molecule has 0 aliphatic carbocycles. The van der Waals surface area contributed by atoms with Gasteiger partial charge in [-0.05, 0) is 18.6 Å². The number of anilines is 2. The Morgan fingerprint density at radius 3 is 2.89 bits per heavy atom. The minimum atomic E-state index is -1.03. The molecule has 1 atom stereocenters. The minimum absolute atomic E-state index is 0.111. The van der Waals surface area contributed by atoms with Gasteiger partial charge in [0.2, 0.25) is 0 Å². The highest BCUT2D eigenvalue weighted by molar-refractivity contribution is 6.34. The first kappa shape index (κ1) is 13.0. The van der Waals surface area contributed by atoms with E-state index in [4.69, 9.17) is 22.1 Å². The molecule has 6 heteroatoms. The van der Waals surface area contributed by atoms with Gasteiger partial charge < -0.3 is 20.5 Å². The van der Waals surface area contributed by atoms with Gasteiger partial charge in [0, 0.05) is 25.9 Å². The molecule has 0 aromatic heterocycles. The van der Waals surface area contributed by atoms with Gasteiger partial charge in [-0.15, -0.1) is 0 Å². The molecule has 0 saturated carbocycles. The van der Waals surface area contributed by atoms with Crippen molar-refractivity contribution in [1.82, 2.24) is 0 Å². The molecule has 1 aromatic carbocycles. The van der Waals surface area contributed by atoms with E-state index in [2.05, 4.69) is 0 Å². The summed E-state index contributed by atoms with van der Waals surface area (Å²) in [6, 6.07) is 3.01. The molecule has 0 amide bonds. The molecule has 0 bridgehead atoms. The summed E-state index contributed by atoms with van der Waals surface area (Å²) in [6.45, 7) is 1.36. The summed E-state index contributed by atoms with van der Waals surface area (Å²) >= 11 is 6.12. The van der Waals surface area contributed by atoms with Crippen LogP contribution in [-0.2, 0) is 4.74 Å². The van der Waals surface area contributed by atoms with E-state index in [0.29, 0.717) is 22.9 Å². The smallest absolute Gasteiger partial charge is 0.337 e. The molecule has 0 spiro atoms. The molecule has 1 aromatic rings. The predicted molar refractivity (Wildman–Crippen MR) is 70.5 cm³/mol. The fraction of sp³-hybridized carbons (Fsp3) is 0.417. The third-order valence-corrected chi connectivity index (χ3v) is 3.40. The summed E-state index contributed by atoms with van der Waals surface area (Å²) < 4.78 is 5.27. The van der Waals surface area contributed by atoms with E-state index in [-0.39, 0.29) is 11.7 Å². The molecule has 98 valence electrons. The van der Waals surface area contributed by atoms with Crippen LogP contribution in [0.2, 0.25) is 5.02 Å². The number of methoxy groups -OCH3 is 1. The number of ether oxygens (including phenoxy) is 1. The summed E-state index contributed by atoms with van der Waals surface area (Å²) in [5.74, 6) is -1.03. The molecule has 0 radical (unpaired) electrons. The zero-order valence-corrected chi connectivity index (χ0v) is 10.8. The molecule has 2 rings (SSSR count). The third-order valence-electron chi connectivity index (χ3n) is 3.11. The van der Waals surface area contributed by atoms with Crippen LogP contribution in [0.25, 0.3) is 0 Å². The fourth-order valence-electron chi connectivity index (χ4n) is 2.23. The lowest BCUT2D eigenvalue weighted by Gasteiger charge is -2.22. The largest absolute Gasteiger partial charge is 0.478 e. The predicted octanol–water partition coefficient (Wildman–Crippen LogP) is 1.85. The summed E-state index contributed by atoms with van der Waals surface area (Å²) in [5, 5.41) is 9.59. The Morgan fingerprint density at radius 1 is 1.61 bits per heavy atom. The molecular formula is C12H15ClN2O3. The lowest BCUT2D eigenvalue weighted by atomic mass is 10.1. The number of nitrogen functional groups attached to an aromatic ring is 1. The summed E-state index contributed by atoms with van der Waals surface area (Å²) in [5.41, 5.74) is 6.64. The zero-order chi connectivity index (χ0) is 13.3. The van der Waals surface area contributed by atoms with Gasteiger partial charge in [0.25, 0.3) is 0 Å². The lowest BCUT2D eigenvalue weighted by molar-refractivity contribution is 0.0697. The third kappa shape index (κ3) is 2.37. The number of carbonyl (C=O) groups is 1. The van der Waals surface area contributed by atoms with Gasteiger partial charge in [0.1, 0.15) is 0 Å². The molecule has 1 heterocycles. The molecule has 1 aliphatic heterocycles. The number of carboxylic acids is 1. The Morgan fingerprint density at radius 2 is 2.33 bits per heavy atom. The van der Waals surface area contributed by atoms with E-state index in [0.717, 1.165) is 13.0 Å². The van der Waals surface area contributed by atoms with Gasteiger partial charge in [-0.1, -0.05) is 11.6 Å². The van der Waals surface area contributed by atoms with Crippen molar-refractivity contribution in [2.45, 2.75) is 12.5 Å². The van der Waals surface area contributed by atoms with Crippen molar-refractivity contribution in [2.75, 3.05) is 30.8 Å². The fourth-order valence-corrected chi connectivity index (χ4v) is 2.58. The van der Waals surface area contributed by atoms with E-state index in [1.807, 2.05) is 4.90 Å². The van der Waals surface area contributed by atoms with Crippen LogP contribution < -0.4 is 10.6 Å². The van der Waals surface area contributed by atoms with Gasteiger partial charge in [0.15, 0.2) is 0 Å². The normalized spacial score (nSPS) is 19.2. The van der Waals surface area contributed by atoms with Crippen molar-refractivity contribution < 1.29 is 14.6 Å². The Balaban J connectivity index is 2.40. The van der Waals surface area contributed by atoms with Crippen LogP contribution >= 0.6 is 11.6 Å². The first-order valence-electron chi connectivity index (χ1n) is 5.63. The van der Waals surface area contributed by atoms with Crippen LogP contribution in [-0.4, -0.2) is 37.4 Å². The number of carboxylic acid groups (broad SMARTS) is 1. The SMILES string of the molecule is COC1CCN(c2c(Cl)cc(N)cc2C(=O)O)C1. The lowest BCUT2D eigenvalue weighted by Crippen LogP contribution is -2.24. The highest BCUT2D eigenvalue weighted by Gasteiger charge is 2.27. The van der Waals surface area contributed by atoms with Gasteiger partial charge in [-0.2, -0.15) is 0 Å². The van der Waals surface area contributed by atoms with Crippen LogP contribution in [0.1, 0.15) is 16.8 Å². The Bertz CT molecular complexity index is 479. The van der Waals surface area contributed by atoms with E-state index in [9.17, 15) is 9.90 Å². The zero-order valence-electron chi connectivity index (χ0n) is 10.0. The molecule has 5 nitrogen and oxygen atoms in total. The second-order valence-electron chi connectivity index (χ2n) is 4.30. The number of hydrogen-bond donors (Lipinski definition) is 2. The number of benzene rings is 1. The first-order chi connectivity index (χ1) is 8.52. The van der Waals surface area contributed by atoms with E-state index in [1.54, 1.807) is 13.2 Å². The highest BCUT2D eigenvalue weighted by atomic mass is 35.5. The average Bonchev–Trinajstić information content (AvgIpc) is 2.76. The van der Waals surface area contributed by atoms with E-state index >= 15 is 0 Å². The summed E-state index contributed by atoms with van der Waals surface area (Å²) in [6.07, 6.45) is 0.969. The first-order valence-corrected chi connectivity index (χ1v) is 6.00. The van der Waals surface area contributed by atoms with Crippen molar-refractivity contribution in [3.05, 3.63) is 22.7 Å². The maximum atomic E-state index is 11.3. The maximum Gasteiger partial charge on any atom is 0.337 e. The Kier molecular flexibility index (Phi) is 3.63. The van der Waals surface area contributed by atoms with Gasteiger partial charge in [-0.25, -0.2) is 4.79 Å². The van der Waals surface area contributed by atoms with E-state index < -0.39 is 5.97 Å². The van der Waals surface area contributed by atoms with Crippen LogP contribution in [0.5, 0.6) is 0 Å². The van der Waals surface area contributed by atoms with Crippen LogP contribution in [0.15, 0.2) is 12.1 Å². The maximum absolute atomic E-state index is 11.3. The van der Waals surface area contributed by atoms with Crippen LogP contribution in [0.4, 0.5) is 11.4 Å². The second kappa shape index (κ2) is 5.04. The number of hydrogen-bond acceptors (Lipinski definition) is 4. The molecule has 1 aliphatic rings. The highest BCUT2D eigenvalue weighted by Crippen LogP contribution is 2.35. The van der Waals surface area contributed by atoms with Crippen LogP contribution in [0.3, 0.4) is 0 Å².